The minimum atomic E-state index is -2.68. The summed E-state index contributed by atoms with van der Waals surface area (Å²) >= 11 is -1.94. The van der Waals surface area contributed by atoms with Crippen LogP contribution in [0.25, 0.3) is 0 Å². The van der Waals surface area contributed by atoms with Crippen LogP contribution in [0.5, 0.6) is 0 Å². The molecule has 8 heteroatoms. The van der Waals surface area contributed by atoms with Crippen LogP contribution in [0.4, 0.5) is 13.2 Å². The highest BCUT2D eigenvalue weighted by Crippen LogP contribution is 2.39. The zero-order chi connectivity index (χ0) is 15.0. The molecule has 0 radical (unpaired) electrons. The predicted molar refractivity (Wildman–Crippen MR) is 73.9 cm³/mol. The Morgan fingerprint density at radius 3 is 2.76 bits per heavy atom. The van der Waals surface area contributed by atoms with Crippen molar-refractivity contribution in [2.75, 3.05) is 5.75 Å². The fourth-order valence-electron chi connectivity index (χ4n) is 2.63. The third-order valence-electron chi connectivity index (χ3n) is 3.55. The molecule has 21 heavy (non-hydrogen) atoms. The highest BCUT2D eigenvalue weighted by Gasteiger charge is 2.48. The molecule has 1 saturated heterocycles. The van der Waals surface area contributed by atoms with Gasteiger partial charge in [-0.05, 0) is 5.56 Å². The van der Waals surface area contributed by atoms with E-state index in [0.717, 1.165) is 5.56 Å². The van der Waals surface area contributed by atoms with Crippen LogP contribution in [-0.4, -0.2) is 39.2 Å². The summed E-state index contributed by atoms with van der Waals surface area (Å²) in [6, 6.07) is 9.00. The van der Waals surface area contributed by atoms with Gasteiger partial charge in [0, 0.05) is 17.6 Å². The predicted octanol–water partition coefficient (Wildman–Crippen LogP) is 1.99. The topological polar surface area (TPSA) is 50.7 Å². The van der Waals surface area contributed by atoms with Crippen molar-refractivity contribution in [1.29, 1.82) is 0 Å². The lowest BCUT2D eigenvalue weighted by atomic mass is 10.1. The first kappa shape index (κ1) is 14.5. The zero-order valence-corrected chi connectivity index (χ0v) is 11.8. The maximum absolute atomic E-state index is 14.1. The summed E-state index contributed by atoms with van der Waals surface area (Å²) in [4.78, 5) is 0. The van der Waals surface area contributed by atoms with Crippen LogP contribution in [0.15, 0.2) is 35.4 Å². The van der Waals surface area contributed by atoms with E-state index in [0.29, 0.717) is 0 Å². The van der Waals surface area contributed by atoms with Gasteiger partial charge in [0.25, 0.3) is 6.43 Å². The van der Waals surface area contributed by atoms with Crippen LogP contribution >= 0.6 is 0 Å². The van der Waals surface area contributed by atoms with Gasteiger partial charge in [0.2, 0.25) is 0 Å². The second-order valence-corrected chi connectivity index (χ2v) is 6.37. The largest absolute Gasteiger partial charge is 0.609 e. The molecular weight excluding hydrogens is 303 g/mol. The van der Waals surface area contributed by atoms with E-state index in [1.165, 1.54) is 5.01 Å². The third-order valence-corrected chi connectivity index (χ3v) is 4.74. The Kier molecular flexibility index (Phi) is 3.99. The van der Waals surface area contributed by atoms with E-state index in [1.54, 1.807) is 0 Å². The smallest absolute Gasteiger partial charge is 0.335 e. The fraction of sp³-hybridized carbons (Fsp3) is 0.462. The molecule has 4 nitrogen and oxygen atoms in total. The van der Waals surface area contributed by atoms with Crippen LogP contribution in [0.3, 0.4) is 0 Å². The van der Waals surface area contributed by atoms with Gasteiger partial charge in [0.1, 0.15) is 6.17 Å². The Labute approximate surface area is 123 Å². The summed E-state index contributed by atoms with van der Waals surface area (Å²) in [5, 5.41) is 8.18. The number of hydrazone groups is 1. The Hall–Kier alpha value is -1.41. The van der Waals surface area contributed by atoms with E-state index in [-0.39, 0.29) is 17.6 Å². The van der Waals surface area contributed by atoms with Gasteiger partial charge < -0.3 is 9.87 Å². The molecule has 2 aliphatic heterocycles. The van der Waals surface area contributed by atoms with Gasteiger partial charge in [-0.3, -0.25) is 5.01 Å². The number of rotatable bonds is 3. The number of nitrogens with zero attached hydrogens (tertiary/aromatic N) is 2. The Bertz CT molecular complexity index is 531. The maximum atomic E-state index is 14.1. The second kappa shape index (κ2) is 5.76. The molecule has 1 fully saturated rings. The first-order chi connectivity index (χ1) is 10.1. The molecule has 1 aromatic rings. The van der Waals surface area contributed by atoms with Crippen molar-refractivity contribution in [3.63, 3.8) is 0 Å². The molecule has 2 unspecified atom stereocenters. The number of alkyl halides is 3. The molecule has 1 aromatic carbocycles. The highest BCUT2D eigenvalue weighted by molar-refractivity contribution is 8.06. The van der Waals surface area contributed by atoms with Gasteiger partial charge >= 0.3 is 5.17 Å². The molecule has 3 rings (SSSR count). The number of hydrogen-bond donors (Lipinski definition) is 1. The fourth-order valence-corrected chi connectivity index (χ4v) is 3.45. The Balaban J connectivity index is 1.80. The van der Waals surface area contributed by atoms with Gasteiger partial charge in [-0.1, -0.05) is 30.3 Å². The molecule has 2 heterocycles. The van der Waals surface area contributed by atoms with E-state index in [2.05, 4.69) is 10.4 Å². The Morgan fingerprint density at radius 2 is 2.10 bits per heavy atom. The summed E-state index contributed by atoms with van der Waals surface area (Å²) in [6.45, 7) is 0. The molecule has 0 saturated carbocycles. The minimum absolute atomic E-state index is 0.0661. The van der Waals surface area contributed by atoms with Gasteiger partial charge in [-0.15, -0.1) is 5.10 Å². The van der Waals surface area contributed by atoms with Gasteiger partial charge in [0.15, 0.2) is 11.9 Å². The van der Waals surface area contributed by atoms with E-state index < -0.39 is 35.7 Å². The lowest BCUT2D eigenvalue weighted by Crippen LogP contribution is -2.42. The molecule has 0 aromatic heterocycles. The van der Waals surface area contributed by atoms with Crippen molar-refractivity contribution in [2.24, 2.45) is 5.10 Å². The molecular formula is C13H14F3N3OS. The molecule has 4 atom stereocenters. The van der Waals surface area contributed by atoms with Crippen molar-refractivity contribution in [3.8, 4) is 0 Å². The minimum Gasteiger partial charge on any atom is -0.609 e. The highest BCUT2D eigenvalue weighted by atomic mass is 32.2. The lowest BCUT2D eigenvalue weighted by molar-refractivity contribution is 0.174. The van der Waals surface area contributed by atoms with E-state index >= 15 is 0 Å². The first-order valence-electron chi connectivity index (χ1n) is 6.55. The molecule has 0 spiro atoms. The van der Waals surface area contributed by atoms with Crippen molar-refractivity contribution >= 4 is 16.3 Å². The molecule has 1 N–H and O–H groups in total. The number of nitrogens with one attached hydrogen (secondary N) is 1. The summed E-state index contributed by atoms with van der Waals surface area (Å²) in [6.07, 6.45) is -4.34. The molecule has 2 aliphatic rings. The third kappa shape index (κ3) is 2.82. The van der Waals surface area contributed by atoms with Crippen molar-refractivity contribution < 1.29 is 17.7 Å². The van der Waals surface area contributed by atoms with Crippen LogP contribution in [0.2, 0.25) is 0 Å². The monoisotopic (exact) mass is 317 g/mol. The van der Waals surface area contributed by atoms with Crippen LogP contribution in [0.1, 0.15) is 18.0 Å². The Morgan fingerprint density at radius 1 is 1.38 bits per heavy atom. The van der Waals surface area contributed by atoms with Crippen LogP contribution in [-0.2, 0) is 11.2 Å². The average Bonchev–Trinajstić information content (AvgIpc) is 3.00. The van der Waals surface area contributed by atoms with Crippen molar-refractivity contribution in [3.05, 3.63) is 35.9 Å². The standard InChI is InChI=1S/C13H14F3N3OS/c14-9-6-10(8-4-2-1-3-5-8)19-12(9)17-13(18-19)21(20)7-11(15)16/h1-5,9-12H,6-7H2,(H,17,18)/t9-,10-,12?,21?/m0/s1. The number of amidine groups is 1. The van der Waals surface area contributed by atoms with Crippen molar-refractivity contribution in [1.82, 2.24) is 10.3 Å². The normalized spacial score (nSPS) is 29.3. The van der Waals surface area contributed by atoms with Crippen LogP contribution in [0, 0.1) is 0 Å². The summed E-state index contributed by atoms with van der Waals surface area (Å²) in [5.74, 6) is -0.792. The number of halogens is 3. The quantitative estimate of drug-likeness (QED) is 0.868. The molecule has 0 bridgehead atoms. The maximum Gasteiger partial charge on any atom is 0.335 e. The summed E-state index contributed by atoms with van der Waals surface area (Å²) in [7, 11) is 0. The van der Waals surface area contributed by atoms with Gasteiger partial charge in [0.05, 0.1) is 6.04 Å². The van der Waals surface area contributed by atoms with Gasteiger partial charge in [-0.25, -0.2) is 13.2 Å². The molecule has 114 valence electrons. The first-order valence-corrected chi connectivity index (χ1v) is 7.87. The van der Waals surface area contributed by atoms with E-state index in [1.807, 2.05) is 30.3 Å². The summed E-state index contributed by atoms with van der Waals surface area (Å²) in [5.41, 5.74) is 0.897. The number of fused-ring (bicyclic) bond motifs is 1. The van der Waals surface area contributed by atoms with E-state index in [4.69, 9.17) is 0 Å². The van der Waals surface area contributed by atoms with Gasteiger partial charge in [-0.2, -0.15) is 0 Å². The molecule has 0 aliphatic carbocycles. The average molecular weight is 317 g/mol. The van der Waals surface area contributed by atoms with Crippen molar-refractivity contribution in [2.45, 2.75) is 31.2 Å². The second-order valence-electron chi connectivity index (χ2n) is 4.96. The number of hydrogen-bond acceptors (Lipinski definition) is 4. The molecule has 0 amide bonds. The SMILES string of the molecule is [O-][S+](CC(F)F)C1=NN2C(N1)[C@@H](F)C[C@H]2c1ccccc1. The van der Waals surface area contributed by atoms with Crippen LogP contribution < -0.4 is 5.32 Å². The van der Waals surface area contributed by atoms with E-state index in [9.17, 15) is 17.7 Å². The zero-order valence-electron chi connectivity index (χ0n) is 11.0. The number of benzene rings is 1. The summed E-state index contributed by atoms with van der Waals surface area (Å²) < 4.78 is 50.4. The lowest BCUT2D eigenvalue weighted by Gasteiger charge is -2.20.